The monoisotopic (exact) mass is 462 g/mol. The van der Waals surface area contributed by atoms with Gasteiger partial charge in [0.1, 0.15) is 5.75 Å². The van der Waals surface area contributed by atoms with Crippen molar-refractivity contribution in [3.8, 4) is 5.75 Å². The van der Waals surface area contributed by atoms with E-state index >= 15 is 0 Å². The van der Waals surface area contributed by atoms with Gasteiger partial charge in [-0.15, -0.1) is 0 Å². The van der Waals surface area contributed by atoms with Crippen LogP contribution >= 0.6 is 0 Å². The first-order chi connectivity index (χ1) is 15.8. The zero-order chi connectivity index (χ0) is 23.5. The lowest BCUT2D eigenvalue weighted by Crippen LogP contribution is -2.49. The third-order valence-corrected chi connectivity index (χ3v) is 7.13. The summed E-state index contributed by atoms with van der Waals surface area (Å²) in [6.07, 6.45) is 1.21. The second kappa shape index (κ2) is 9.94. The van der Waals surface area contributed by atoms with Crippen LogP contribution in [0.5, 0.6) is 5.75 Å². The van der Waals surface area contributed by atoms with Crippen LogP contribution in [0.2, 0.25) is 0 Å². The van der Waals surface area contributed by atoms with Gasteiger partial charge in [-0.1, -0.05) is 37.5 Å². The van der Waals surface area contributed by atoms with E-state index in [0.29, 0.717) is 38.3 Å². The van der Waals surface area contributed by atoms with Crippen molar-refractivity contribution in [1.82, 2.24) is 4.90 Å². The van der Waals surface area contributed by atoms with Crippen molar-refractivity contribution in [2.75, 3.05) is 38.2 Å². The number of aliphatic hydroxyl groups is 1. The van der Waals surface area contributed by atoms with Crippen LogP contribution in [0.3, 0.4) is 0 Å². The number of hydrogen-bond donors (Lipinski definition) is 1. The lowest BCUT2D eigenvalue weighted by Gasteiger charge is -2.44. The number of anilines is 1. The van der Waals surface area contributed by atoms with Crippen LogP contribution in [-0.4, -0.2) is 48.9 Å². The molecule has 1 unspecified atom stereocenters. The molecule has 1 atom stereocenters. The van der Waals surface area contributed by atoms with E-state index in [1.807, 2.05) is 23.1 Å². The smallest absolute Gasteiger partial charge is 0.416 e. The highest BCUT2D eigenvalue weighted by Crippen LogP contribution is 2.39. The SMILES string of the molecule is COc1cccc(C(CC2(O)CCCCC2)N2CCN(c3cccc(C(F)(F)F)c3)CC2)c1. The largest absolute Gasteiger partial charge is 0.497 e. The molecule has 2 aliphatic rings. The van der Waals surface area contributed by atoms with E-state index in [1.54, 1.807) is 13.2 Å². The highest BCUT2D eigenvalue weighted by Gasteiger charge is 2.36. The zero-order valence-corrected chi connectivity index (χ0v) is 19.2. The minimum absolute atomic E-state index is 0.0341. The van der Waals surface area contributed by atoms with Gasteiger partial charge in [0.05, 0.1) is 18.3 Å². The Hall–Kier alpha value is -2.25. The van der Waals surface area contributed by atoms with Crippen LogP contribution in [-0.2, 0) is 6.18 Å². The summed E-state index contributed by atoms with van der Waals surface area (Å²) in [5.74, 6) is 0.788. The number of rotatable bonds is 6. The second-order valence-corrected chi connectivity index (χ2v) is 9.35. The average Bonchev–Trinajstić information content (AvgIpc) is 2.83. The van der Waals surface area contributed by atoms with Crippen molar-refractivity contribution in [1.29, 1.82) is 0 Å². The molecule has 0 radical (unpaired) electrons. The first-order valence-electron chi connectivity index (χ1n) is 11.8. The highest BCUT2D eigenvalue weighted by atomic mass is 19.4. The van der Waals surface area contributed by atoms with Crippen LogP contribution in [0.1, 0.15) is 55.7 Å². The van der Waals surface area contributed by atoms with E-state index in [-0.39, 0.29) is 6.04 Å². The Morgan fingerprint density at radius 1 is 0.970 bits per heavy atom. The van der Waals surface area contributed by atoms with Crippen LogP contribution in [0.4, 0.5) is 18.9 Å². The third kappa shape index (κ3) is 5.82. The molecule has 4 nitrogen and oxygen atoms in total. The van der Waals surface area contributed by atoms with Gasteiger partial charge in [0.25, 0.3) is 0 Å². The number of hydrogen-bond acceptors (Lipinski definition) is 4. The maximum absolute atomic E-state index is 13.2. The summed E-state index contributed by atoms with van der Waals surface area (Å²) in [5.41, 5.74) is 0.426. The summed E-state index contributed by atoms with van der Waals surface area (Å²) in [4.78, 5) is 4.38. The molecule has 0 amide bonds. The van der Waals surface area contributed by atoms with Crippen molar-refractivity contribution >= 4 is 5.69 Å². The quantitative estimate of drug-likeness (QED) is 0.601. The van der Waals surface area contributed by atoms with Gasteiger partial charge in [-0.05, 0) is 55.2 Å². The van der Waals surface area contributed by atoms with Crippen LogP contribution in [0, 0.1) is 0 Å². The number of alkyl halides is 3. The minimum atomic E-state index is -4.34. The number of piperazine rings is 1. The molecule has 180 valence electrons. The fourth-order valence-corrected chi connectivity index (χ4v) is 5.25. The Morgan fingerprint density at radius 3 is 2.33 bits per heavy atom. The molecule has 4 rings (SSSR count). The van der Waals surface area contributed by atoms with E-state index in [0.717, 1.165) is 43.1 Å². The Kier molecular flexibility index (Phi) is 7.19. The standard InChI is InChI=1S/C26H33F3N2O2/c1-33-23-10-5-7-20(17-23)24(19-25(32)11-3-2-4-12-25)31-15-13-30(14-16-31)22-9-6-8-21(18-22)26(27,28)29/h5-10,17-18,24,32H,2-4,11-16,19H2,1H3. The molecule has 1 aliphatic heterocycles. The third-order valence-electron chi connectivity index (χ3n) is 7.13. The number of halogens is 3. The van der Waals surface area contributed by atoms with Crippen molar-refractivity contribution in [3.05, 3.63) is 59.7 Å². The molecular weight excluding hydrogens is 429 g/mol. The van der Waals surface area contributed by atoms with Gasteiger partial charge in [0.15, 0.2) is 0 Å². The number of ether oxygens (including phenoxy) is 1. The topological polar surface area (TPSA) is 35.9 Å². The molecular formula is C26H33F3N2O2. The van der Waals surface area contributed by atoms with Crippen molar-refractivity contribution in [3.63, 3.8) is 0 Å². The van der Waals surface area contributed by atoms with E-state index in [9.17, 15) is 18.3 Å². The van der Waals surface area contributed by atoms with E-state index in [2.05, 4.69) is 11.0 Å². The Labute approximate surface area is 194 Å². The van der Waals surface area contributed by atoms with Crippen molar-refractivity contribution in [2.45, 2.75) is 56.3 Å². The molecule has 1 heterocycles. The molecule has 1 aliphatic carbocycles. The molecule has 33 heavy (non-hydrogen) atoms. The summed E-state index contributed by atoms with van der Waals surface area (Å²) in [6.45, 7) is 2.71. The maximum atomic E-state index is 13.2. The van der Waals surface area contributed by atoms with Gasteiger partial charge in [-0.25, -0.2) is 0 Å². The lowest BCUT2D eigenvalue weighted by atomic mass is 9.78. The Balaban J connectivity index is 1.51. The lowest BCUT2D eigenvalue weighted by molar-refractivity contribution is -0.137. The summed E-state index contributed by atoms with van der Waals surface area (Å²) in [5, 5.41) is 11.3. The van der Waals surface area contributed by atoms with Crippen LogP contribution < -0.4 is 9.64 Å². The fraction of sp³-hybridized carbons (Fsp3) is 0.538. The first-order valence-corrected chi connectivity index (χ1v) is 11.8. The first kappa shape index (κ1) is 23.9. The Bertz CT molecular complexity index is 920. The van der Waals surface area contributed by atoms with E-state index < -0.39 is 17.3 Å². The molecule has 2 fully saturated rings. The van der Waals surface area contributed by atoms with Gasteiger partial charge < -0.3 is 14.7 Å². The van der Waals surface area contributed by atoms with Gasteiger partial charge in [-0.3, -0.25) is 4.90 Å². The van der Waals surface area contributed by atoms with Gasteiger partial charge in [0, 0.05) is 37.9 Å². The summed E-state index contributed by atoms with van der Waals surface area (Å²) < 4.78 is 44.9. The average molecular weight is 463 g/mol. The highest BCUT2D eigenvalue weighted by molar-refractivity contribution is 5.49. The molecule has 0 aromatic heterocycles. The molecule has 0 bridgehead atoms. The van der Waals surface area contributed by atoms with E-state index in [1.165, 1.54) is 18.6 Å². The molecule has 1 saturated carbocycles. The molecule has 1 saturated heterocycles. The Morgan fingerprint density at radius 2 is 1.67 bits per heavy atom. The van der Waals surface area contributed by atoms with Crippen molar-refractivity contribution < 1.29 is 23.0 Å². The summed E-state index contributed by atoms with van der Waals surface area (Å²) >= 11 is 0. The molecule has 0 spiro atoms. The fourth-order valence-electron chi connectivity index (χ4n) is 5.25. The normalized spacial score (nSPS) is 20.5. The predicted molar refractivity (Wildman–Crippen MR) is 124 cm³/mol. The molecule has 2 aromatic rings. The molecule has 7 heteroatoms. The van der Waals surface area contributed by atoms with Crippen molar-refractivity contribution in [2.24, 2.45) is 0 Å². The molecule has 2 aromatic carbocycles. The minimum Gasteiger partial charge on any atom is -0.497 e. The predicted octanol–water partition coefficient (Wildman–Crippen LogP) is 5.66. The summed E-state index contributed by atoms with van der Waals surface area (Å²) in [7, 11) is 1.65. The molecule has 1 N–H and O–H groups in total. The number of benzene rings is 2. The van der Waals surface area contributed by atoms with Gasteiger partial charge >= 0.3 is 6.18 Å². The van der Waals surface area contributed by atoms with Gasteiger partial charge in [-0.2, -0.15) is 13.2 Å². The van der Waals surface area contributed by atoms with E-state index in [4.69, 9.17) is 4.74 Å². The maximum Gasteiger partial charge on any atom is 0.416 e. The van der Waals surface area contributed by atoms with Crippen LogP contribution in [0.15, 0.2) is 48.5 Å². The number of methoxy groups -OCH3 is 1. The van der Waals surface area contributed by atoms with Gasteiger partial charge in [0.2, 0.25) is 0 Å². The zero-order valence-electron chi connectivity index (χ0n) is 19.2. The number of nitrogens with zero attached hydrogens (tertiary/aromatic N) is 2. The second-order valence-electron chi connectivity index (χ2n) is 9.35. The van der Waals surface area contributed by atoms with Crippen LogP contribution in [0.25, 0.3) is 0 Å². The summed E-state index contributed by atoms with van der Waals surface area (Å²) in [6, 6.07) is 13.6.